The molecular formula is C15H17FN2O2. The van der Waals surface area contributed by atoms with E-state index in [1.807, 2.05) is 6.92 Å². The van der Waals surface area contributed by atoms with Gasteiger partial charge in [0.1, 0.15) is 11.6 Å². The van der Waals surface area contributed by atoms with Gasteiger partial charge >= 0.3 is 0 Å². The standard InChI is InChI=1S/C15H17FN2O2/c1-10(9-17)18(2)15(19)14-8-7-13(20-14)11-5-3-4-6-12(11)16/h3-8,10H,9,17H2,1-2H3. The molecule has 2 N–H and O–H groups in total. The van der Waals surface area contributed by atoms with Crippen LogP contribution in [0.1, 0.15) is 17.5 Å². The molecule has 0 spiro atoms. The molecule has 0 aliphatic heterocycles. The molecule has 0 radical (unpaired) electrons. The van der Waals surface area contributed by atoms with Crippen molar-refractivity contribution in [3.05, 3.63) is 48.0 Å². The predicted octanol–water partition coefficient (Wildman–Crippen LogP) is 2.50. The summed E-state index contributed by atoms with van der Waals surface area (Å²) in [5, 5.41) is 0. The quantitative estimate of drug-likeness (QED) is 0.933. The minimum Gasteiger partial charge on any atom is -0.451 e. The number of nitrogens with two attached hydrogens (primary N) is 1. The topological polar surface area (TPSA) is 59.5 Å². The third-order valence-corrected chi connectivity index (χ3v) is 3.28. The highest BCUT2D eigenvalue weighted by atomic mass is 19.1. The Morgan fingerprint density at radius 1 is 1.35 bits per heavy atom. The van der Waals surface area contributed by atoms with Crippen LogP contribution in [0.15, 0.2) is 40.8 Å². The van der Waals surface area contributed by atoms with Gasteiger partial charge in [-0.2, -0.15) is 0 Å². The van der Waals surface area contributed by atoms with Gasteiger partial charge in [0.25, 0.3) is 5.91 Å². The summed E-state index contributed by atoms with van der Waals surface area (Å²) >= 11 is 0. The van der Waals surface area contributed by atoms with E-state index in [-0.39, 0.29) is 23.5 Å². The molecule has 0 aliphatic rings. The monoisotopic (exact) mass is 276 g/mol. The summed E-state index contributed by atoms with van der Waals surface area (Å²) in [5.41, 5.74) is 5.87. The van der Waals surface area contributed by atoms with Gasteiger partial charge in [-0.25, -0.2) is 4.39 Å². The van der Waals surface area contributed by atoms with Crippen LogP contribution in [0.25, 0.3) is 11.3 Å². The summed E-state index contributed by atoms with van der Waals surface area (Å²) in [6.07, 6.45) is 0. The summed E-state index contributed by atoms with van der Waals surface area (Å²) in [6, 6.07) is 9.31. The average Bonchev–Trinajstić information content (AvgIpc) is 2.94. The van der Waals surface area contributed by atoms with E-state index in [0.29, 0.717) is 17.9 Å². The maximum atomic E-state index is 13.7. The van der Waals surface area contributed by atoms with Crippen LogP contribution in [0.3, 0.4) is 0 Å². The number of halogens is 1. The molecule has 1 heterocycles. The molecule has 2 rings (SSSR count). The van der Waals surface area contributed by atoms with Gasteiger partial charge in [-0.3, -0.25) is 4.79 Å². The molecule has 1 amide bonds. The molecule has 1 aromatic carbocycles. The number of furan rings is 1. The lowest BCUT2D eigenvalue weighted by Gasteiger charge is -2.22. The highest BCUT2D eigenvalue weighted by Crippen LogP contribution is 2.25. The SMILES string of the molecule is CC(CN)N(C)C(=O)c1ccc(-c2ccccc2F)o1. The fourth-order valence-electron chi connectivity index (χ4n) is 1.79. The van der Waals surface area contributed by atoms with Gasteiger partial charge in [0.15, 0.2) is 5.76 Å². The second-order valence-corrected chi connectivity index (χ2v) is 4.64. The van der Waals surface area contributed by atoms with Crippen molar-refractivity contribution in [2.75, 3.05) is 13.6 Å². The van der Waals surface area contributed by atoms with E-state index in [9.17, 15) is 9.18 Å². The van der Waals surface area contributed by atoms with Crippen LogP contribution in [-0.2, 0) is 0 Å². The minimum absolute atomic E-state index is 0.0930. The number of nitrogens with zero attached hydrogens (tertiary/aromatic N) is 1. The number of likely N-dealkylation sites (N-methyl/N-ethyl adjacent to an activating group) is 1. The van der Waals surface area contributed by atoms with E-state index in [1.54, 1.807) is 37.4 Å². The lowest BCUT2D eigenvalue weighted by molar-refractivity contribution is 0.0717. The molecule has 0 bridgehead atoms. The number of carbonyl (C=O) groups is 1. The van der Waals surface area contributed by atoms with Gasteiger partial charge in [-0.1, -0.05) is 12.1 Å². The van der Waals surface area contributed by atoms with E-state index in [4.69, 9.17) is 10.2 Å². The highest BCUT2D eigenvalue weighted by molar-refractivity contribution is 5.92. The Labute approximate surface area is 117 Å². The molecule has 0 saturated heterocycles. The first-order valence-electron chi connectivity index (χ1n) is 6.36. The summed E-state index contributed by atoms with van der Waals surface area (Å²) in [5.74, 6) is -0.152. The zero-order chi connectivity index (χ0) is 14.7. The predicted molar refractivity (Wildman–Crippen MR) is 74.7 cm³/mol. The van der Waals surface area contributed by atoms with E-state index in [1.165, 1.54) is 11.0 Å². The van der Waals surface area contributed by atoms with Gasteiger partial charge in [0.2, 0.25) is 0 Å². The van der Waals surface area contributed by atoms with Crippen molar-refractivity contribution in [3.63, 3.8) is 0 Å². The molecule has 0 fully saturated rings. The molecule has 0 aliphatic carbocycles. The molecule has 1 unspecified atom stereocenters. The Kier molecular flexibility index (Phi) is 4.20. The minimum atomic E-state index is -0.385. The van der Waals surface area contributed by atoms with E-state index >= 15 is 0 Å². The number of hydrogen-bond donors (Lipinski definition) is 1. The number of benzene rings is 1. The summed E-state index contributed by atoms with van der Waals surface area (Å²) in [7, 11) is 1.66. The summed E-state index contributed by atoms with van der Waals surface area (Å²) in [6.45, 7) is 2.21. The second-order valence-electron chi connectivity index (χ2n) is 4.64. The van der Waals surface area contributed by atoms with Crippen molar-refractivity contribution in [1.82, 2.24) is 4.90 Å². The number of carbonyl (C=O) groups excluding carboxylic acids is 1. The van der Waals surface area contributed by atoms with Crippen LogP contribution < -0.4 is 5.73 Å². The third-order valence-electron chi connectivity index (χ3n) is 3.28. The maximum Gasteiger partial charge on any atom is 0.289 e. The maximum absolute atomic E-state index is 13.7. The largest absolute Gasteiger partial charge is 0.451 e. The van der Waals surface area contributed by atoms with Crippen LogP contribution in [0, 0.1) is 5.82 Å². The Morgan fingerprint density at radius 3 is 2.70 bits per heavy atom. The zero-order valence-electron chi connectivity index (χ0n) is 11.5. The molecule has 2 aromatic rings. The average molecular weight is 276 g/mol. The second kappa shape index (κ2) is 5.88. The molecule has 20 heavy (non-hydrogen) atoms. The van der Waals surface area contributed by atoms with Crippen LogP contribution in [-0.4, -0.2) is 30.4 Å². The molecular weight excluding hydrogens is 259 g/mol. The zero-order valence-corrected chi connectivity index (χ0v) is 11.5. The van der Waals surface area contributed by atoms with Gasteiger partial charge in [-0.15, -0.1) is 0 Å². The molecule has 4 nitrogen and oxygen atoms in total. The fraction of sp³-hybridized carbons (Fsp3) is 0.267. The number of hydrogen-bond acceptors (Lipinski definition) is 3. The summed E-state index contributed by atoms with van der Waals surface area (Å²) < 4.78 is 19.1. The molecule has 5 heteroatoms. The Bertz CT molecular complexity index is 609. The van der Waals surface area contributed by atoms with Gasteiger partial charge in [0.05, 0.1) is 5.56 Å². The fourth-order valence-corrected chi connectivity index (χ4v) is 1.79. The molecule has 106 valence electrons. The van der Waals surface area contributed by atoms with E-state index in [0.717, 1.165) is 0 Å². The smallest absolute Gasteiger partial charge is 0.289 e. The van der Waals surface area contributed by atoms with Gasteiger partial charge < -0.3 is 15.1 Å². The first-order valence-corrected chi connectivity index (χ1v) is 6.36. The van der Waals surface area contributed by atoms with E-state index in [2.05, 4.69) is 0 Å². The molecule has 1 aromatic heterocycles. The number of amides is 1. The highest BCUT2D eigenvalue weighted by Gasteiger charge is 2.20. The van der Waals surface area contributed by atoms with Crippen molar-refractivity contribution in [2.24, 2.45) is 5.73 Å². The summed E-state index contributed by atoms with van der Waals surface area (Å²) in [4.78, 5) is 13.7. The van der Waals surface area contributed by atoms with Crippen molar-refractivity contribution in [1.29, 1.82) is 0 Å². The van der Waals surface area contributed by atoms with Crippen molar-refractivity contribution >= 4 is 5.91 Å². The van der Waals surface area contributed by atoms with Crippen LogP contribution in [0.2, 0.25) is 0 Å². The van der Waals surface area contributed by atoms with Crippen LogP contribution in [0.5, 0.6) is 0 Å². The Hall–Kier alpha value is -2.14. The van der Waals surface area contributed by atoms with Crippen molar-refractivity contribution < 1.29 is 13.6 Å². The Morgan fingerprint density at radius 2 is 2.05 bits per heavy atom. The van der Waals surface area contributed by atoms with E-state index < -0.39 is 0 Å². The van der Waals surface area contributed by atoms with Crippen LogP contribution >= 0.6 is 0 Å². The Balaban J connectivity index is 2.26. The van der Waals surface area contributed by atoms with Gasteiger partial charge in [0, 0.05) is 19.6 Å². The van der Waals surface area contributed by atoms with Crippen molar-refractivity contribution in [2.45, 2.75) is 13.0 Å². The molecule has 0 saturated carbocycles. The first-order chi connectivity index (χ1) is 9.54. The lowest BCUT2D eigenvalue weighted by Crippen LogP contribution is -2.39. The third kappa shape index (κ3) is 2.72. The lowest BCUT2D eigenvalue weighted by atomic mass is 10.1. The normalized spacial score (nSPS) is 12.2. The number of rotatable bonds is 4. The van der Waals surface area contributed by atoms with Crippen LogP contribution in [0.4, 0.5) is 4.39 Å². The molecule has 1 atom stereocenters. The van der Waals surface area contributed by atoms with Crippen molar-refractivity contribution in [3.8, 4) is 11.3 Å². The first kappa shape index (κ1) is 14.3. The van der Waals surface area contributed by atoms with Gasteiger partial charge in [-0.05, 0) is 31.2 Å².